The molecule has 1 atom stereocenters. The zero-order valence-electron chi connectivity index (χ0n) is 12.7. The molecule has 2 aromatic rings. The van der Waals surface area contributed by atoms with E-state index in [0.717, 1.165) is 24.5 Å². The van der Waals surface area contributed by atoms with Crippen molar-refractivity contribution in [2.45, 2.75) is 18.9 Å². The van der Waals surface area contributed by atoms with Gasteiger partial charge in [0.1, 0.15) is 22.6 Å². The van der Waals surface area contributed by atoms with E-state index in [4.69, 9.17) is 14.6 Å². The van der Waals surface area contributed by atoms with Crippen molar-refractivity contribution in [2.24, 2.45) is 0 Å². The number of carbonyl (C=O) groups is 2. The smallest absolute Gasteiger partial charge is 0.341 e. The van der Waals surface area contributed by atoms with Crippen molar-refractivity contribution in [1.82, 2.24) is 4.98 Å². The molecule has 3 rings (SSSR count). The Balaban J connectivity index is 1.59. The average Bonchev–Trinajstić information content (AvgIpc) is 3.25. The number of rotatable bonds is 6. The molecule has 126 valence electrons. The molecule has 1 amide bonds. The molecule has 7 nitrogen and oxygen atoms in total. The lowest BCUT2D eigenvalue weighted by molar-refractivity contribution is -0.139. The van der Waals surface area contributed by atoms with E-state index in [2.05, 4.69) is 10.3 Å². The van der Waals surface area contributed by atoms with Crippen LogP contribution >= 0.6 is 11.3 Å². The highest BCUT2D eigenvalue weighted by atomic mass is 32.1. The van der Waals surface area contributed by atoms with Crippen molar-refractivity contribution in [3.05, 3.63) is 40.3 Å². The number of carboxylic acid groups (broad SMARTS) is 1. The number of carbonyl (C=O) groups excluding carboxylic acids is 1. The van der Waals surface area contributed by atoms with Gasteiger partial charge in [0.25, 0.3) is 5.91 Å². The number of benzene rings is 1. The van der Waals surface area contributed by atoms with Crippen LogP contribution in [0.25, 0.3) is 0 Å². The van der Waals surface area contributed by atoms with Crippen LogP contribution in [0.5, 0.6) is 5.75 Å². The Hall–Kier alpha value is -2.45. The van der Waals surface area contributed by atoms with Gasteiger partial charge in [-0.3, -0.25) is 4.79 Å². The zero-order valence-corrected chi connectivity index (χ0v) is 13.5. The maximum absolute atomic E-state index is 12.2. The number of nitrogens with one attached hydrogen (secondary N) is 1. The summed E-state index contributed by atoms with van der Waals surface area (Å²) >= 11 is 1.42. The van der Waals surface area contributed by atoms with Gasteiger partial charge in [-0.05, 0) is 37.1 Å². The first-order valence-corrected chi connectivity index (χ1v) is 8.33. The summed E-state index contributed by atoms with van der Waals surface area (Å²) in [5.74, 6) is -0.919. The van der Waals surface area contributed by atoms with Gasteiger partial charge in [0.05, 0.1) is 0 Å². The lowest BCUT2D eigenvalue weighted by Crippen LogP contribution is -2.13. The molecule has 24 heavy (non-hydrogen) atoms. The molecule has 2 heterocycles. The van der Waals surface area contributed by atoms with E-state index >= 15 is 0 Å². The second-order valence-electron chi connectivity index (χ2n) is 5.23. The van der Waals surface area contributed by atoms with Crippen LogP contribution in [-0.2, 0) is 9.53 Å². The summed E-state index contributed by atoms with van der Waals surface area (Å²) in [6, 6.07) is 6.47. The number of thiazole rings is 1. The highest BCUT2D eigenvalue weighted by Gasteiger charge is 2.22. The number of carboxylic acids is 1. The van der Waals surface area contributed by atoms with E-state index in [-0.39, 0.29) is 12.0 Å². The first-order chi connectivity index (χ1) is 11.6. The number of amides is 1. The molecule has 1 aromatic heterocycles. The molecule has 0 saturated carbocycles. The number of aliphatic carboxylic acids is 1. The molecule has 0 bridgehead atoms. The molecule has 2 N–H and O–H groups in total. The van der Waals surface area contributed by atoms with Crippen LogP contribution in [-0.4, -0.2) is 35.2 Å². The van der Waals surface area contributed by atoms with E-state index in [0.29, 0.717) is 17.1 Å². The summed E-state index contributed by atoms with van der Waals surface area (Å²) in [5.41, 5.74) is 0.936. The summed E-state index contributed by atoms with van der Waals surface area (Å²) in [6.45, 7) is 0.332. The van der Waals surface area contributed by atoms with Crippen LogP contribution in [0.3, 0.4) is 0 Å². The fraction of sp³-hybridized carbons (Fsp3) is 0.312. The van der Waals surface area contributed by atoms with Crippen molar-refractivity contribution in [3.8, 4) is 5.75 Å². The van der Waals surface area contributed by atoms with E-state index in [1.807, 2.05) is 0 Å². The molecule has 1 fully saturated rings. The van der Waals surface area contributed by atoms with Crippen molar-refractivity contribution in [3.63, 3.8) is 0 Å². The number of anilines is 1. The van der Waals surface area contributed by atoms with E-state index in [9.17, 15) is 9.59 Å². The number of hydrogen-bond donors (Lipinski definition) is 2. The van der Waals surface area contributed by atoms with E-state index in [1.54, 1.807) is 29.6 Å². The molecule has 1 unspecified atom stereocenters. The summed E-state index contributed by atoms with van der Waals surface area (Å²) < 4.78 is 10.6. The quantitative estimate of drug-likeness (QED) is 0.833. The Morgan fingerprint density at radius 3 is 2.83 bits per heavy atom. The minimum Gasteiger partial charge on any atom is -0.482 e. The topological polar surface area (TPSA) is 97.8 Å². The molecule has 1 saturated heterocycles. The second kappa shape index (κ2) is 7.41. The van der Waals surface area contributed by atoms with Crippen molar-refractivity contribution < 1.29 is 24.2 Å². The van der Waals surface area contributed by atoms with Gasteiger partial charge in [-0.2, -0.15) is 0 Å². The van der Waals surface area contributed by atoms with Crippen molar-refractivity contribution in [2.75, 3.05) is 18.5 Å². The summed E-state index contributed by atoms with van der Waals surface area (Å²) in [7, 11) is 0. The fourth-order valence-electron chi connectivity index (χ4n) is 2.29. The van der Waals surface area contributed by atoms with Gasteiger partial charge in [0.2, 0.25) is 0 Å². The monoisotopic (exact) mass is 348 g/mol. The minimum absolute atomic E-state index is 0.00205. The van der Waals surface area contributed by atoms with Crippen molar-refractivity contribution in [1.29, 1.82) is 0 Å². The van der Waals surface area contributed by atoms with Gasteiger partial charge in [-0.1, -0.05) is 0 Å². The van der Waals surface area contributed by atoms with Crippen LogP contribution in [0, 0.1) is 0 Å². The molecule has 1 aliphatic rings. The Bertz CT molecular complexity index is 722. The lowest BCUT2D eigenvalue weighted by Gasteiger charge is -2.06. The molecule has 0 radical (unpaired) electrons. The van der Waals surface area contributed by atoms with Gasteiger partial charge in [0.15, 0.2) is 6.61 Å². The number of aromatic nitrogens is 1. The van der Waals surface area contributed by atoms with Crippen LogP contribution in [0.1, 0.15) is 34.4 Å². The van der Waals surface area contributed by atoms with Crippen LogP contribution in [0.4, 0.5) is 5.69 Å². The zero-order chi connectivity index (χ0) is 16.9. The predicted molar refractivity (Wildman–Crippen MR) is 87.6 cm³/mol. The Morgan fingerprint density at radius 1 is 1.38 bits per heavy atom. The maximum Gasteiger partial charge on any atom is 0.341 e. The normalized spacial score (nSPS) is 16.8. The highest BCUT2D eigenvalue weighted by Crippen LogP contribution is 2.30. The summed E-state index contributed by atoms with van der Waals surface area (Å²) in [5, 5.41) is 13.9. The Labute approximate surface area is 142 Å². The number of hydrogen-bond acceptors (Lipinski definition) is 6. The maximum atomic E-state index is 12.2. The first-order valence-electron chi connectivity index (χ1n) is 7.45. The SMILES string of the molecule is O=C(O)COc1ccc(NC(=O)c2csc(C3CCCO3)n2)cc1. The van der Waals surface area contributed by atoms with E-state index < -0.39 is 12.6 Å². The van der Waals surface area contributed by atoms with Crippen LogP contribution in [0.15, 0.2) is 29.6 Å². The molecule has 1 aliphatic heterocycles. The predicted octanol–water partition coefficient (Wildman–Crippen LogP) is 2.71. The summed E-state index contributed by atoms with van der Waals surface area (Å²) in [4.78, 5) is 27.0. The Kier molecular flexibility index (Phi) is 5.07. The summed E-state index contributed by atoms with van der Waals surface area (Å²) in [6.07, 6.45) is 1.95. The highest BCUT2D eigenvalue weighted by molar-refractivity contribution is 7.09. The number of ether oxygens (including phenoxy) is 2. The molecule has 8 heteroatoms. The molecular weight excluding hydrogens is 332 g/mol. The molecule has 0 aliphatic carbocycles. The van der Waals surface area contributed by atoms with Gasteiger partial charge in [-0.25, -0.2) is 9.78 Å². The third-order valence-electron chi connectivity index (χ3n) is 3.43. The van der Waals surface area contributed by atoms with Crippen LogP contribution < -0.4 is 10.1 Å². The van der Waals surface area contributed by atoms with Gasteiger partial charge in [0, 0.05) is 17.7 Å². The molecular formula is C16H16N2O5S. The van der Waals surface area contributed by atoms with E-state index in [1.165, 1.54) is 11.3 Å². The van der Waals surface area contributed by atoms with Crippen LogP contribution in [0.2, 0.25) is 0 Å². The van der Waals surface area contributed by atoms with Gasteiger partial charge in [-0.15, -0.1) is 11.3 Å². The minimum atomic E-state index is -1.04. The first kappa shape index (κ1) is 16.4. The van der Waals surface area contributed by atoms with Gasteiger partial charge >= 0.3 is 5.97 Å². The third-order valence-corrected chi connectivity index (χ3v) is 4.37. The number of nitrogens with zero attached hydrogens (tertiary/aromatic N) is 1. The fourth-order valence-corrected chi connectivity index (χ4v) is 3.17. The Morgan fingerprint density at radius 2 is 2.17 bits per heavy atom. The average molecular weight is 348 g/mol. The largest absolute Gasteiger partial charge is 0.482 e. The molecule has 0 spiro atoms. The van der Waals surface area contributed by atoms with Gasteiger partial charge < -0.3 is 19.9 Å². The molecule has 1 aromatic carbocycles. The third kappa shape index (κ3) is 4.09. The standard InChI is InChI=1S/C16H16N2O5S/c19-14(20)8-23-11-5-3-10(4-6-11)17-15(21)12-9-24-16(18-12)13-2-1-7-22-13/h3-6,9,13H,1-2,7-8H2,(H,17,21)(H,19,20). The second-order valence-corrected chi connectivity index (χ2v) is 6.12. The lowest BCUT2D eigenvalue weighted by atomic mass is 10.2. The van der Waals surface area contributed by atoms with Crippen molar-refractivity contribution >= 4 is 28.9 Å².